The first-order chi connectivity index (χ1) is 11.8. The van der Waals surface area contributed by atoms with Gasteiger partial charge in [0.05, 0.1) is 0 Å². The molecule has 4 rings (SSSR count). The number of piperazine rings is 1. The predicted molar refractivity (Wildman–Crippen MR) is 94.3 cm³/mol. The van der Waals surface area contributed by atoms with Crippen molar-refractivity contribution in [3.8, 4) is 0 Å². The lowest BCUT2D eigenvalue weighted by Crippen LogP contribution is -2.55. The molecule has 130 valence electrons. The molecule has 1 amide bonds. The van der Waals surface area contributed by atoms with Gasteiger partial charge in [-0.3, -0.25) is 9.69 Å². The van der Waals surface area contributed by atoms with Crippen molar-refractivity contribution >= 4 is 5.91 Å². The van der Waals surface area contributed by atoms with Crippen LogP contribution in [-0.4, -0.2) is 54.0 Å². The zero-order valence-electron chi connectivity index (χ0n) is 14.3. The van der Waals surface area contributed by atoms with Crippen molar-refractivity contribution in [2.24, 2.45) is 0 Å². The second-order valence-corrected chi connectivity index (χ2v) is 7.34. The van der Waals surface area contributed by atoms with Crippen LogP contribution in [0.3, 0.4) is 0 Å². The molecule has 0 spiro atoms. The minimum absolute atomic E-state index is 0.103. The van der Waals surface area contributed by atoms with Gasteiger partial charge in [0, 0.05) is 38.3 Å². The molecule has 0 bridgehead atoms. The van der Waals surface area contributed by atoms with Crippen LogP contribution in [0.1, 0.15) is 43.7 Å². The van der Waals surface area contributed by atoms with Crippen LogP contribution in [0.2, 0.25) is 0 Å². The van der Waals surface area contributed by atoms with Gasteiger partial charge in [-0.15, -0.1) is 0 Å². The van der Waals surface area contributed by atoms with Gasteiger partial charge < -0.3 is 4.90 Å². The van der Waals surface area contributed by atoms with E-state index in [0.717, 1.165) is 38.6 Å². The smallest absolute Gasteiger partial charge is 0.241 e. The Morgan fingerprint density at radius 1 is 0.958 bits per heavy atom. The average molecular weight is 328 g/mol. The quantitative estimate of drug-likeness (QED) is 0.886. The molecule has 1 saturated carbocycles. The first-order valence-electron chi connectivity index (χ1n) is 9.40. The molecule has 2 saturated heterocycles. The second-order valence-electron chi connectivity index (χ2n) is 7.34. The molecule has 24 heavy (non-hydrogen) atoms. The molecule has 1 aliphatic carbocycles. The maximum atomic E-state index is 12.8. The topological polar surface area (TPSA) is 47.6 Å². The number of hydrogen-bond acceptors (Lipinski definition) is 4. The van der Waals surface area contributed by atoms with Crippen LogP contribution in [0, 0.1) is 0 Å². The third-order valence-electron chi connectivity index (χ3n) is 5.87. The van der Waals surface area contributed by atoms with Crippen LogP contribution in [-0.2, 0) is 4.79 Å². The molecule has 3 aliphatic rings. The third kappa shape index (κ3) is 3.34. The Morgan fingerprint density at radius 3 is 2.38 bits per heavy atom. The summed E-state index contributed by atoms with van der Waals surface area (Å²) in [5.74, 6) is 0.256. The Labute approximate surface area is 144 Å². The fourth-order valence-electron chi connectivity index (χ4n) is 4.42. The van der Waals surface area contributed by atoms with E-state index >= 15 is 0 Å². The number of hydrogen-bond donors (Lipinski definition) is 2. The Balaban J connectivity index is 1.29. The summed E-state index contributed by atoms with van der Waals surface area (Å²) in [7, 11) is 0. The van der Waals surface area contributed by atoms with Gasteiger partial charge in [0.25, 0.3) is 0 Å². The number of rotatable bonds is 3. The Kier molecular flexibility index (Phi) is 4.83. The van der Waals surface area contributed by atoms with Gasteiger partial charge in [-0.1, -0.05) is 43.2 Å². The van der Waals surface area contributed by atoms with Crippen LogP contribution in [0.25, 0.3) is 0 Å². The zero-order valence-corrected chi connectivity index (χ0v) is 14.3. The molecule has 2 heterocycles. The Bertz CT molecular complexity index is 550. The number of hydrazine groups is 1. The van der Waals surface area contributed by atoms with Crippen molar-refractivity contribution in [2.45, 2.75) is 50.2 Å². The number of amides is 1. The number of nitrogens with zero attached hydrogens (tertiary/aromatic N) is 2. The maximum Gasteiger partial charge on any atom is 0.241 e. The zero-order chi connectivity index (χ0) is 16.4. The van der Waals surface area contributed by atoms with E-state index < -0.39 is 0 Å². The summed E-state index contributed by atoms with van der Waals surface area (Å²) in [5.41, 5.74) is 7.74. The highest BCUT2D eigenvalue weighted by molar-refractivity contribution is 5.82. The van der Waals surface area contributed by atoms with E-state index in [1.165, 1.54) is 31.2 Å². The molecule has 5 heteroatoms. The SMILES string of the molecule is O=C(C1CC(c2ccccc2)NN1)N1CCN(C2CCCC2)CC1. The van der Waals surface area contributed by atoms with E-state index in [2.05, 4.69) is 44.9 Å². The van der Waals surface area contributed by atoms with E-state index in [4.69, 9.17) is 0 Å². The van der Waals surface area contributed by atoms with Gasteiger partial charge in [-0.2, -0.15) is 0 Å². The van der Waals surface area contributed by atoms with Gasteiger partial charge in [-0.05, 0) is 24.8 Å². The predicted octanol–water partition coefficient (Wildman–Crippen LogP) is 1.68. The van der Waals surface area contributed by atoms with E-state index in [9.17, 15) is 4.79 Å². The molecule has 3 fully saturated rings. The summed E-state index contributed by atoms with van der Waals surface area (Å²) in [6.45, 7) is 3.84. The van der Waals surface area contributed by atoms with Crippen LogP contribution in [0.5, 0.6) is 0 Å². The number of carbonyl (C=O) groups excluding carboxylic acids is 1. The molecule has 2 aliphatic heterocycles. The van der Waals surface area contributed by atoms with Crippen LogP contribution >= 0.6 is 0 Å². The number of nitrogens with one attached hydrogen (secondary N) is 2. The van der Waals surface area contributed by atoms with Crippen molar-refractivity contribution in [1.29, 1.82) is 0 Å². The summed E-state index contributed by atoms with van der Waals surface area (Å²) in [6, 6.07) is 11.3. The minimum atomic E-state index is -0.103. The molecule has 5 nitrogen and oxygen atoms in total. The molecule has 1 aromatic carbocycles. The van der Waals surface area contributed by atoms with Gasteiger partial charge >= 0.3 is 0 Å². The molecule has 2 N–H and O–H groups in total. The van der Waals surface area contributed by atoms with Crippen molar-refractivity contribution < 1.29 is 4.79 Å². The molecule has 2 unspecified atom stereocenters. The van der Waals surface area contributed by atoms with Gasteiger partial charge in [0.1, 0.15) is 6.04 Å². The highest BCUT2D eigenvalue weighted by Gasteiger charge is 2.35. The van der Waals surface area contributed by atoms with Crippen molar-refractivity contribution in [2.75, 3.05) is 26.2 Å². The molecular weight excluding hydrogens is 300 g/mol. The lowest BCUT2D eigenvalue weighted by atomic mass is 10.0. The van der Waals surface area contributed by atoms with E-state index in [-0.39, 0.29) is 18.0 Å². The van der Waals surface area contributed by atoms with E-state index in [1.807, 2.05) is 6.07 Å². The fraction of sp³-hybridized carbons (Fsp3) is 0.632. The first kappa shape index (κ1) is 16.1. The number of benzene rings is 1. The summed E-state index contributed by atoms with van der Waals surface area (Å²) < 4.78 is 0. The molecule has 0 aromatic heterocycles. The van der Waals surface area contributed by atoms with Gasteiger partial charge in [0.15, 0.2) is 0 Å². The Hall–Kier alpha value is -1.43. The van der Waals surface area contributed by atoms with E-state index in [0.29, 0.717) is 0 Å². The van der Waals surface area contributed by atoms with Gasteiger partial charge in [-0.25, -0.2) is 10.9 Å². The standard InChI is InChI=1S/C19H28N4O/c24-19(18-14-17(20-21-18)15-6-2-1-3-7-15)23-12-10-22(11-13-23)16-8-4-5-9-16/h1-3,6-7,16-18,20-21H,4-5,8-14H2. The Morgan fingerprint density at radius 2 is 1.67 bits per heavy atom. The van der Waals surface area contributed by atoms with Crippen LogP contribution < -0.4 is 10.9 Å². The lowest BCUT2D eigenvalue weighted by molar-refractivity contribution is -0.135. The number of carbonyl (C=O) groups is 1. The summed E-state index contributed by atoms with van der Waals surface area (Å²) in [5, 5.41) is 0. The minimum Gasteiger partial charge on any atom is -0.339 e. The fourth-order valence-corrected chi connectivity index (χ4v) is 4.42. The maximum absolute atomic E-state index is 12.8. The van der Waals surface area contributed by atoms with Crippen molar-refractivity contribution in [3.05, 3.63) is 35.9 Å². The largest absolute Gasteiger partial charge is 0.339 e. The van der Waals surface area contributed by atoms with Crippen molar-refractivity contribution in [1.82, 2.24) is 20.7 Å². The monoisotopic (exact) mass is 328 g/mol. The summed E-state index contributed by atoms with van der Waals surface area (Å²) in [4.78, 5) is 17.5. The third-order valence-corrected chi connectivity index (χ3v) is 5.87. The first-order valence-corrected chi connectivity index (χ1v) is 9.40. The molecule has 2 atom stereocenters. The average Bonchev–Trinajstić information content (AvgIpc) is 3.34. The van der Waals surface area contributed by atoms with Gasteiger partial charge in [0.2, 0.25) is 5.91 Å². The molecule has 1 aromatic rings. The molecular formula is C19H28N4O. The highest BCUT2D eigenvalue weighted by Crippen LogP contribution is 2.26. The highest BCUT2D eigenvalue weighted by atomic mass is 16.2. The van der Waals surface area contributed by atoms with E-state index in [1.54, 1.807) is 0 Å². The molecule has 0 radical (unpaired) electrons. The summed E-state index contributed by atoms with van der Waals surface area (Å²) in [6.07, 6.45) is 6.28. The second kappa shape index (κ2) is 7.21. The normalized spacial score (nSPS) is 29.2. The van der Waals surface area contributed by atoms with Crippen LogP contribution in [0.4, 0.5) is 0 Å². The van der Waals surface area contributed by atoms with Crippen LogP contribution in [0.15, 0.2) is 30.3 Å². The van der Waals surface area contributed by atoms with Crippen molar-refractivity contribution in [3.63, 3.8) is 0 Å². The lowest BCUT2D eigenvalue weighted by Gasteiger charge is -2.38. The summed E-state index contributed by atoms with van der Waals surface area (Å²) >= 11 is 0.